The number of fused-ring (bicyclic) bond motifs is 1. The normalized spacial score (nSPS) is 10.9. The Kier molecular flexibility index (Phi) is 3.36. The van der Waals surface area contributed by atoms with Crippen molar-refractivity contribution in [1.82, 2.24) is 4.98 Å². The number of hydrogen-bond acceptors (Lipinski definition) is 3. The van der Waals surface area contributed by atoms with Crippen molar-refractivity contribution in [1.29, 1.82) is 0 Å². The molecule has 3 rings (SSSR count). The molecular formula is C15H12F2N2S. The molecule has 0 aliphatic rings. The van der Waals surface area contributed by atoms with E-state index in [9.17, 15) is 8.78 Å². The number of hydrogen-bond donors (Lipinski definition) is 1. The molecular weight excluding hydrogens is 278 g/mol. The summed E-state index contributed by atoms with van der Waals surface area (Å²) in [7, 11) is 0. The van der Waals surface area contributed by atoms with E-state index in [1.165, 1.54) is 12.1 Å². The molecule has 0 atom stereocenters. The van der Waals surface area contributed by atoms with Gasteiger partial charge < -0.3 is 5.32 Å². The van der Waals surface area contributed by atoms with E-state index in [0.717, 1.165) is 27.0 Å². The highest BCUT2D eigenvalue weighted by atomic mass is 32.1. The van der Waals surface area contributed by atoms with Gasteiger partial charge in [0.15, 0.2) is 0 Å². The lowest BCUT2D eigenvalue weighted by molar-refractivity contribution is 0.574. The van der Waals surface area contributed by atoms with E-state index in [4.69, 9.17) is 0 Å². The van der Waals surface area contributed by atoms with Crippen LogP contribution in [-0.4, -0.2) is 4.98 Å². The highest BCUT2D eigenvalue weighted by molar-refractivity contribution is 7.18. The van der Waals surface area contributed by atoms with E-state index >= 15 is 0 Å². The van der Waals surface area contributed by atoms with Crippen molar-refractivity contribution in [2.24, 2.45) is 0 Å². The van der Waals surface area contributed by atoms with Crippen LogP contribution in [0.3, 0.4) is 0 Å². The summed E-state index contributed by atoms with van der Waals surface area (Å²) in [5.41, 5.74) is 2.29. The van der Waals surface area contributed by atoms with E-state index in [2.05, 4.69) is 10.3 Å². The summed E-state index contributed by atoms with van der Waals surface area (Å²) in [6.45, 7) is 2.28. The van der Waals surface area contributed by atoms with Gasteiger partial charge in [0, 0.05) is 23.9 Å². The Morgan fingerprint density at radius 3 is 2.80 bits per heavy atom. The third-order valence-electron chi connectivity index (χ3n) is 2.99. The van der Waals surface area contributed by atoms with Gasteiger partial charge in [-0.15, -0.1) is 11.3 Å². The molecule has 0 saturated carbocycles. The highest BCUT2D eigenvalue weighted by Gasteiger charge is 2.05. The minimum atomic E-state index is -0.562. The summed E-state index contributed by atoms with van der Waals surface area (Å²) < 4.78 is 27.4. The van der Waals surface area contributed by atoms with Crippen molar-refractivity contribution >= 4 is 27.2 Å². The van der Waals surface area contributed by atoms with Gasteiger partial charge in [0.1, 0.15) is 11.6 Å². The molecule has 0 aliphatic carbocycles. The van der Waals surface area contributed by atoms with Gasteiger partial charge in [-0.3, -0.25) is 0 Å². The monoisotopic (exact) mass is 290 g/mol. The molecule has 0 unspecified atom stereocenters. The Morgan fingerprint density at radius 1 is 1.15 bits per heavy atom. The first-order chi connectivity index (χ1) is 9.61. The van der Waals surface area contributed by atoms with E-state index in [1.807, 2.05) is 25.1 Å². The average molecular weight is 290 g/mol. The van der Waals surface area contributed by atoms with Crippen LogP contribution >= 0.6 is 11.3 Å². The van der Waals surface area contributed by atoms with Gasteiger partial charge in [0.2, 0.25) is 0 Å². The predicted molar refractivity (Wildman–Crippen MR) is 78.0 cm³/mol. The van der Waals surface area contributed by atoms with E-state index in [-0.39, 0.29) is 0 Å². The van der Waals surface area contributed by atoms with Crippen LogP contribution < -0.4 is 5.32 Å². The molecule has 0 spiro atoms. The van der Waals surface area contributed by atoms with E-state index < -0.39 is 11.6 Å². The summed E-state index contributed by atoms with van der Waals surface area (Å²) in [6, 6.07) is 9.43. The van der Waals surface area contributed by atoms with Crippen molar-refractivity contribution in [3.05, 3.63) is 58.6 Å². The summed E-state index contributed by atoms with van der Waals surface area (Å²) in [4.78, 5) is 4.39. The van der Waals surface area contributed by atoms with Gasteiger partial charge in [-0.1, -0.05) is 6.07 Å². The second kappa shape index (κ2) is 5.17. The van der Waals surface area contributed by atoms with Crippen molar-refractivity contribution in [2.75, 3.05) is 5.32 Å². The minimum absolute atomic E-state index is 0.315. The quantitative estimate of drug-likeness (QED) is 0.768. The Balaban J connectivity index is 1.79. The maximum absolute atomic E-state index is 13.5. The van der Waals surface area contributed by atoms with Crippen molar-refractivity contribution < 1.29 is 8.78 Å². The maximum atomic E-state index is 13.5. The second-order valence-electron chi connectivity index (χ2n) is 4.50. The van der Waals surface area contributed by atoms with Crippen LogP contribution in [0.4, 0.5) is 14.5 Å². The lowest BCUT2D eigenvalue weighted by Gasteiger charge is -2.07. The van der Waals surface area contributed by atoms with Crippen molar-refractivity contribution in [3.8, 4) is 0 Å². The van der Waals surface area contributed by atoms with E-state index in [1.54, 1.807) is 11.3 Å². The number of aryl methyl sites for hydroxylation is 1. The molecule has 0 saturated heterocycles. The lowest BCUT2D eigenvalue weighted by Crippen LogP contribution is -2.01. The van der Waals surface area contributed by atoms with Gasteiger partial charge in [-0.25, -0.2) is 13.8 Å². The standard InChI is InChI=1S/C15H12F2N2S/c1-9-19-14-5-4-12(7-15(14)20-9)18-8-10-2-3-11(16)6-13(10)17/h2-7,18H,8H2,1H3. The molecule has 0 fully saturated rings. The van der Waals surface area contributed by atoms with Crippen LogP contribution in [-0.2, 0) is 6.54 Å². The van der Waals surface area contributed by atoms with Crippen LogP contribution in [0, 0.1) is 18.6 Å². The second-order valence-corrected chi connectivity index (χ2v) is 5.74. The number of nitrogens with zero attached hydrogens (tertiary/aromatic N) is 1. The van der Waals surface area contributed by atoms with Crippen LogP contribution in [0.5, 0.6) is 0 Å². The molecule has 2 nitrogen and oxygen atoms in total. The zero-order chi connectivity index (χ0) is 14.1. The van der Waals surface area contributed by atoms with Crippen LogP contribution in [0.1, 0.15) is 10.6 Å². The molecule has 102 valence electrons. The molecule has 0 radical (unpaired) electrons. The summed E-state index contributed by atoms with van der Waals surface area (Å²) in [5, 5.41) is 4.15. The molecule has 5 heteroatoms. The highest BCUT2D eigenvalue weighted by Crippen LogP contribution is 2.25. The van der Waals surface area contributed by atoms with E-state index in [0.29, 0.717) is 12.1 Å². The van der Waals surface area contributed by atoms with Crippen LogP contribution in [0.2, 0.25) is 0 Å². The average Bonchev–Trinajstić information content (AvgIpc) is 2.77. The van der Waals surface area contributed by atoms with Crippen LogP contribution in [0.15, 0.2) is 36.4 Å². The van der Waals surface area contributed by atoms with Crippen molar-refractivity contribution in [3.63, 3.8) is 0 Å². The van der Waals surface area contributed by atoms with Gasteiger partial charge in [-0.05, 0) is 31.2 Å². The topological polar surface area (TPSA) is 24.9 Å². The van der Waals surface area contributed by atoms with Crippen molar-refractivity contribution in [2.45, 2.75) is 13.5 Å². The van der Waals surface area contributed by atoms with Gasteiger partial charge >= 0.3 is 0 Å². The third-order valence-corrected chi connectivity index (χ3v) is 3.93. The molecule has 0 aliphatic heterocycles. The number of thiazole rings is 1. The first-order valence-corrected chi connectivity index (χ1v) is 6.98. The molecule has 20 heavy (non-hydrogen) atoms. The third kappa shape index (κ3) is 2.63. The molecule has 2 aromatic carbocycles. The number of aromatic nitrogens is 1. The number of nitrogens with one attached hydrogen (secondary N) is 1. The molecule has 1 N–H and O–H groups in total. The minimum Gasteiger partial charge on any atom is -0.381 e. The molecule has 1 aromatic heterocycles. The first-order valence-electron chi connectivity index (χ1n) is 6.17. The van der Waals surface area contributed by atoms with Gasteiger partial charge in [0.05, 0.1) is 15.2 Å². The largest absolute Gasteiger partial charge is 0.381 e. The summed E-state index contributed by atoms with van der Waals surface area (Å²) in [5.74, 6) is -1.10. The number of benzene rings is 2. The Bertz CT molecular complexity index is 768. The summed E-state index contributed by atoms with van der Waals surface area (Å²) >= 11 is 1.62. The fourth-order valence-corrected chi connectivity index (χ4v) is 2.88. The smallest absolute Gasteiger partial charge is 0.131 e. The first kappa shape index (κ1) is 13.0. The number of anilines is 1. The Labute approximate surface area is 119 Å². The number of halogens is 2. The molecule has 0 amide bonds. The van der Waals surface area contributed by atoms with Gasteiger partial charge in [0.25, 0.3) is 0 Å². The molecule has 1 heterocycles. The SMILES string of the molecule is Cc1nc2ccc(NCc3ccc(F)cc3F)cc2s1. The van der Waals surface area contributed by atoms with Gasteiger partial charge in [-0.2, -0.15) is 0 Å². The fourth-order valence-electron chi connectivity index (χ4n) is 2.01. The lowest BCUT2D eigenvalue weighted by atomic mass is 10.2. The Morgan fingerprint density at radius 2 is 2.00 bits per heavy atom. The predicted octanol–water partition coefficient (Wildman–Crippen LogP) is 4.50. The summed E-state index contributed by atoms with van der Waals surface area (Å²) in [6.07, 6.45) is 0. The Hall–Kier alpha value is -2.01. The van der Waals surface area contributed by atoms with Crippen LogP contribution in [0.25, 0.3) is 10.2 Å². The molecule has 3 aromatic rings. The fraction of sp³-hybridized carbons (Fsp3) is 0.133. The maximum Gasteiger partial charge on any atom is 0.131 e. The molecule has 0 bridgehead atoms. The number of rotatable bonds is 3. The zero-order valence-electron chi connectivity index (χ0n) is 10.8. The zero-order valence-corrected chi connectivity index (χ0v) is 11.6.